The summed E-state index contributed by atoms with van der Waals surface area (Å²) in [6, 6.07) is 8.70. The van der Waals surface area contributed by atoms with Gasteiger partial charge in [-0.2, -0.15) is 0 Å². The minimum atomic E-state index is -0.325. The molecule has 192 valence electrons. The van der Waals surface area contributed by atoms with Gasteiger partial charge in [0, 0.05) is 32.4 Å². The van der Waals surface area contributed by atoms with E-state index < -0.39 is 0 Å². The van der Waals surface area contributed by atoms with Crippen LogP contribution in [-0.4, -0.2) is 28.9 Å². The second-order valence-corrected chi connectivity index (χ2v) is 13.8. The van der Waals surface area contributed by atoms with Gasteiger partial charge >= 0.3 is 0 Å². The van der Waals surface area contributed by atoms with Crippen molar-refractivity contribution in [1.29, 1.82) is 0 Å². The topological polar surface area (TPSA) is 18.5 Å². The molecule has 2 nitrogen and oxygen atoms in total. The summed E-state index contributed by atoms with van der Waals surface area (Å²) in [5, 5.41) is -0.210. The summed E-state index contributed by atoms with van der Waals surface area (Å²) in [7, 11) is -0.325. The average Bonchev–Trinajstić information content (AvgIpc) is 2.81. The predicted molar refractivity (Wildman–Crippen MR) is 144 cm³/mol. The van der Waals surface area contributed by atoms with E-state index in [0.29, 0.717) is 0 Å². The summed E-state index contributed by atoms with van der Waals surface area (Å²) in [4.78, 5) is 0. The number of hydrogen-bond acceptors (Lipinski definition) is 2. The van der Waals surface area contributed by atoms with Crippen LogP contribution in [0.5, 0.6) is 5.75 Å². The Hall–Kier alpha value is -0.448. The second kappa shape index (κ2) is 13.2. The van der Waals surface area contributed by atoms with E-state index in [2.05, 4.69) is 70.2 Å². The molecule has 34 heavy (non-hydrogen) atoms. The molecular weight excluding hydrogens is 530 g/mol. The molecule has 4 heteroatoms. The number of ether oxygens (including phenoxy) is 2. The third-order valence-electron chi connectivity index (χ3n) is 7.54. The van der Waals surface area contributed by atoms with Crippen LogP contribution in [0.25, 0.3) is 5.57 Å². The van der Waals surface area contributed by atoms with Crippen molar-refractivity contribution in [2.24, 2.45) is 0 Å². The largest absolute Gasteiger partial charge is 0.490 e. The zero-order valence-electron chi connectivity index (χ0n) is 21.7. The van der Waals surface area contributed by atoms with Crippen LogP contribution in [0, 0.1) is 0 Å². The van der Waals surface area contributed by atoms with Gasteiger partial charge in [-0.25, -0.2) is 0 Å². The number of allylic oxidation sites excluding steroid dienone is 2. The van der Waals surface area contributed by atoms with Crippen molar-refractivity contribution >= 4 is 13.5 Å². The van der Waals surface area contributed by atoms with Crippen LogP contribution in [0.2, 0.25) is 0 Å². The second-order valence-electron chi connectivity index (χ2n) is 10.8. The van der Waals surface area contributed by atoms with E-state index in [4.69, 9.17) is 9.47 Å². The van der Waals surface area contributed by atoms with Gasteiger partial charge in [0.1, 0.15) is 11.1 Å². The normalized spacial score (nSPS) is 24.4. The molecule has 0 bridgehead atoms. The van der Waals surface area contributed by atoms with Crippen molar-refractivity contribution in [2.75, 3.05) is 0 Å². The van der Waals surface area contributed by atoms with E-state index in [1.807, 2.05) is 0 Å². The molecule has 3 aliphatic rings. The van der Waals surface area contributed by atoms with Crippen LogP contribution in [0.4, 0.5) is 0 Å². The first-order valence-electron chi connectivity index (χ1n) is 13.6. The Morgan fingerprint density at radius 3 is 1.97 bits per heavy atom. The Balaban J connectivity index is 0.00000324. The molecule has 0 heterocycles. The van der Waals surface area contributed by atoms with Gasteiger partial charge in [0.25, 0.3) is 0 Å². The van der Waals surface area contributed by atoms with Gasteiger partial charge in [-0.1, -0.05) is 82.9 Å². The molecule has 3 aliphatic carbocycles. The van der Waals surface area contributed by atoms with Crippen molar-refractivity contribution in [3.05, 3.63) is 48.1 Å². The molecule has 2 fully saturated rings. The molecule has 0 N–H and O–H groups in total. The summed E-state index contributed by atoms with van der Waals surface area (Å²) < 4.78 is 13.6. The maximum atomic E-state index is 7.23. The van der Waals surface area contributed by atoms with Crippen LogP contribution >= 0.6 is 7.92 Å². The first kappa shape index (κ1) is 28.1. The summed E-state index contributed by atoms with van der Waals surface area (Å²) in [6.07, 6.45) is 22.4. The Kier molecular flexibility index (Phi) is 10.9. The fourth-order valence-electron chi connectivity index (χ4n) is 6.39. The summed E-state index contributed by atoms with van der Waals surface area (Å²) in [5.41, 5.74) is 4.28. The first-order valence-corrected chi connectivity index (χ1v) is 15.1. The van der Waals surface area contributed by atoms with Crippen LogP contribution in [0.3, 0.4) is 0 Å². The van der Waals surface area contributed by atoms with E-state index in [1.165, 1.54) is 75.3 Å². The Bertz CT molecular complexity index is 803. The Labute approximate surface area is 223 Å². The molecule has 0 radical (unpaired) electrons. The maximum absolute atomic E-state index is 7.23. The van der Waals surface area contributed by atoms with E-state index in [1.54, 1.807) is 0 Å². The predicted octanol–water partition coefficient (Wildman–Crippen LogP) is 9.08. The molecule has 2 saturated carbocycles. The fourth-order valence-corrected chi connectivity index (χ4v) is 11.1. The minimum absolute atomic E-state index is 0. The molecule has 1 aromatic rings. The monoisotopic (exact) mass is 574 g/mol. The number of benzene rings is 1. The molecule has 1 aromatic carbocycles. The number of hydrogen-bond donors (Lipinski definition) is 0. The van der Waals surface area contributed by atoms with Crippen molar-refractivity contribution in [2.45, 2.75) is 127 Å². The molecule has 1 atom stereocenters. The zero-order valence-corrected chi connectivity index (χ0v) is 24.2. The van der Waals surface area contributed by atoms with E-state index in [0.717, 1.165) is 23.5 Å². The van der Waals surface area contributed by atoms with Gasteiger partial charge in [-0.3, -0.25) is 0 Å². The Morgan fingerprint density at radius 1 is 0.824 bits per heavy atom. The summed E-state index contributed by atoms with van der Waals surface area (Å²) >= 11 is 0. The minimum Gasteiger partial charge on any atom is -0.490 e. The fraction of sp³-hybridized carbons (Fsp3) is 0.667. The maximum Gasteiger partial charge on any atom is 0.127 e. The summed E-state index contributed by atoms with van der Waals surface area (Å²) in [5.74, 6) is 1.01. The third-order valence-corrected chi connectivity index (χ3v) is 11.5. The summed E-state index contributed by atoms with van der Waals surface area (Å²) in [6.45, 7) is 8.73. The zero-order chi connectivity index (χ0) is 23.3. The van der Waals surface area contributed by atoms with Gasteiger partial charge in [0.15, 0.2) is 0 Å². The van der Waals surface area contributed by atoms with Crippen molar-refractivity contribution < 1.29 is 29.9 Å². The Morgan fingerprint density at radius 2 is 1.41 bits per heavy atom. The molecule has 4 rings (SSSR count). The standard InChI is InChI=1S/C30H45O2P.Pd/c1-23(2)31-29-21-12-11-19-27(29)28-20-13-14-22-30(28,32-24(3)4)33(25-15-7-5-8-16-25)26-17-9-6-10-18-26;/h11-14,19-21,23-26H,5-10,15-18,22H2,1-4H3;. The van der Waals surface area contributed by atoms with Crippen molar-refractivity contribution in [1.82, 2.24) is 0 Å². The van der Waals surface area contributed by atoms with Crippen LogP contribution in [0.1, 0.15) is 104 Å². The van der Waals surface area contributed by atoms with E-state index in [9.17, 15) is 0 Å². The molecule has 0 aliphatic heterocycles. The van der Waals surface area contributed by atoms with Gasteiger partial charge in [-0.05, 0) is 76.3 Å². The average molecular weight is 575 g/mol. The number of para-hydroxylation sites is 1. The third kappa shape index (κ3) is 6.45. The van der Waals surface area contributed by atoms with Crippen LogP contribution in [0.15, 0.2) is 42.5 Å². The van der Waals surface area contributed by atoms with Crippen LogP contribution < -0.4 is 4.74 Å². The molecular formula is C30H45O2PPd. The van der Waals surface area contributed by atoms with Gasteiger partial charge in [0.2, 0.25) is 0 Å². The SMILES string of the molecule is CC(C)Oc1ccccc1C1=CC=CCC1(OC(C)C)P(C1CCCCC1)C1CCCCC1.[Pd]. The van der Waals surface area contributed by atoms with E-state index in [-0.39, 0.29) is 45.9 Å². The molecule has 0 aromatic heterocycles. The van der Waals surface area contributed by atoms with Gasteiger partial charge in [0.05, 0.1) is 12.2 Å². The first-order chi connectivity index (χ1) is 16.0. The van der Waals surface area contributed by atoms with Crippen molar-refractivity contribution in [3.63, 3.8) is 0 Å². The van der Waals surface area contributed by atoms with Gasteiger partial charge in [-0.15, -0.1) is 0 Å². The number of rotatable bonds is 8. The van der Waals surface area contributed by atoms with Crippen LogP contribution in [-0.2, 0) is 25.2 Å². The molecule has 0 saturated heterocycles. The molecule has 1 unspecified atom stereocenters. The van der Waals surface area contributed by atoms with E-state index >= 15 is 0 Å². The van der Waals surface area contributed by atoms with Gasteiger partial charge < -0.3 is 9.47 Å². The smallest absolute Gasteiger partial charge is 0.127 e. The molecule has 0 spiro atoms. The van der Waals surface area contributed by atoms with Crippen molar-refractivity contribution in [3.8, 4) is 5.75 Å². The molecule has 0 amide bonds. The quantitative estimate of drug-likeness (QED) is 0.228.